The molecule has 1 atom stereocenters. The molecular formula is C11H22IN3OS. The highest BCUT2D eigenvalue weighted by atomic mass is 127. The molecule has 0 radical (unpaired) electrons. The summed E-state index contributed by atoms with van der Waals surface area (Å²) < 4.78 is 0. The van der Waals surface area contributed by atoms with E-state index in [1.165, 1.54) is 12.8 Å². The lowest BCUT2D eigenvalue weighted by atomic mass is 10.1. The molecule has 0 spiro atoms. The van der Waals surface area contributed by atoms with E-state index in [9.17, 15) is 5.11 Å². The topological polar surface area (TPSA) is 56.7 Å². The highest BCUT2D eigenvalue weighted by Gasteiger charge is 2.31. The minimum absolute atomic E-state index is 0. The Bertz CT molecular complexity index is 265. The first-order valence-electron chi connectivity index (χ1n) is 6.07. The molecule has 1 aliphatic carbocycles. The minimum Gasteiger partial charge on any atom is -0.387 e. The Morgan fingerprint density at radius 1 is 1.53 bits per heavy atom. The predicted octanol–water partition coefficient (Wildman–Crippen LogP) is 1.19. The van der Waals surface area contributed by atoms with E-state index < -0.39 is 5.60 Å². The molecule has 100 valence electrons. The number of aliphatic imine (C=N–C) groups is 1. The number of guanidine groups is 1. The van der Waals surface area contributed by atoms with Gasteiger partial charge in [0.25, 0.3) is 0 Å². The van der Waals surface area contributed by atoms with Crippen LogP contribution in [0, 0.1) is 0 Å². The molecule has 1 heterocycles. The van der Waals surface area contributed by atoms with E-state index in [1.54, 1.807) is 0 Å². The average molecular weight is 371 g/mol. The summed E-state index contributed by atoms with van der Waals surface area (Å²) in [5.74, 6) is 2.73. The van der Waals surface area contributed by atoms with Crippen LogP contribution in [-0.2, 0) is 0 Å². The van der Waals surface area contributed by atoms with Gasteiger partial charge in [-0.3, -0.25) is 4.99 Å². The average Bonchev–Trinajstić information content (AvgIpc) is 2.97. The molecule has 4 nitrogen and oxygen atoms in total. The fraction of sp³-hybridized carbons (Fsp3) is 0.909. The first-order valence-corrected chi connectivity index (χ1v) is 7.22. The monoisotopic (exact) mass is 371 g/mol. The third kappa shape index (κ3) is 5.21. The molecule has 1 unspecified atom stereocenters. The van der Waals surface area contributed by atoms with Crippen LogP contribution >= 0.6 is 35.7 Å². The molecule has 2 aliphatic rings. The van der Waals surface area contributed by atoms with Gasteiger partial charge in [0, 0.05) is 18.3 Å². The van der Waals surface area contributed by atoms with Gasteiger partial charge in [0.1, 0.15) is 0 Å². The van der Waals surface area contributed by atoms with E-state index in [0.717, 1.165) is 30.4 Å². The van der Waals surface area contributed by atoms with Gasteiger partial charge in [-0.15, -0.1) is 24.0 Å². The van der Waals surface area contributed by atoms with E-state index in [4.69, 9.17) is 0 Å². The van der Waals surface area contributed by atoms with Crippen LogP contribution in [0.2, 0.25) is 0 Å². The summed E-state index contributed by atoms with van der Waals surface area (Å²) in [7, 11) is 0. The Balaban J connectivity index is 0.00000144. The van der Waals surface area contributed by atoms with Crippen LogP contribution in [0.3, 0.4) is 0 Å². The molecule has 1 saturated heterocycles. The van der Waals surface area contributed by atoms with E-state index in [-0.39, 0.29) is 24.0 Å². The highest BCUT2D eigenvalue weighted by molar-refractivity contribution is 14.0. The molecule has 2 fully saturated rings. The van der Waals surface area contributed by atoms with Crippen LogP contribution < -0.4 is 10.6 Å². The van der Waals surface area contributed by atoms with Crippen molar-refractivity contribution in [3.05, 3.63) is 0 Å². The first kappa shape index (κ1) is 15.4. The number of nitrogens with zero attached hydrogens (tertiary/aromatic N) is 1. The van der Waals surface area contributed by atoms with Crippen LogP contribution in [0.25, 0.3) is 0 Å². The van der Waals surface area contributed by atoms with Crippen LogP contribution in [0.4, 0.5) is 0 Å². The van der Waals surface area contributed by atoms with Gasteiger partial charge < -0.3 is 15.7 Å². The van der Waals surface area contributed by atoms with Gasteiger partial charge in [-0.1, -0.05) is 0 Å². The standard InChI is InChI=1S/C11H21N3OS.HI/c1-2-12-10(14-9-3-4-9)13-7-11(15)5-6-16-8-11;/h9,15H,2-8H2,1H3,(H2,12,13,14);1H. The zero-order valence-electron chi connectivity index (χ0n) is 10.2. The summed E-state index contributed by atoms with van der Waals surface area (Å²) in [6.45, 7) is 3.44. The predicted molar refractivity (Wildman–Crippen MR) is 84.4 cm³/mol. The third-order valence-electron chi connectivity index (χ3n) is 2.88. The second kappa shape index (κ2) is 7.04. The van der Waals surface area contributed by atoms with Gasteiger partial charge in [-0.25, -0.2) is 0 Å². The SMILES string of the molecule is CCNC(=NCC1(O)CCSC1)NC1CC1.I. The molecule has 6 heteroatoms. The van der Waals surface area contributed by atoms with Gasteiger partial charge in [0.05, 0.1) is 12.1 Å². The lowest BCUT2D eigenvalue weighted by molar-refractivity contribution is 0.0778. The highest BCUT2D eigenvalue weighted by Crippen LogP contribution is 2.27. The molecule has 0 amide bonds. The number of nitrogens with one attached hydrogen (secondary N) is 2. The van der Waals surface area contributed by atoms with Crippen molar-refractivity contribution >= 4 is 41.7 Å². The fourth-order valence-corrected chi connectivity index (χ4v) is 2.97. The second-order valence-electron chi connectivity index (χ2n) is 4.64. The van der Waals surface area contributed by atoms with Crippen molar-refractivity contribution in [3.8, 4) is 0 Å². The largest absolute Gasteiger partial charge is 0.387 e. The Morgan fingerprint density at radius 3 is 2.82 bits per heavy atom. The van der Waals surface area contributed by atoms with Gasteiger partial charge in [0.15, 0.2) is 5.96 Å². The zero-order chi connectivity index (χ0) is 11.4. The Morgan fingerprint density at radius 2 is 2.29 bits per heavy atom. The van der Waals surface area contributed by atoms with E-state index >= 15 is 0 Å². The smallest absolute Gasteiger partial charge is 0.191 e. The van der Waals surface area contributed by atoms with Crippen LogP contribution in [-0.4, -0.2) is 47.3 Å². The summed E-state index contributed by atoms with van der Waals surface area (Å²) in [5.41, 5.74) is -0.573. The van der Waals surface area contributed by atoms with Gasteiger partial charge in [0.2, 0.25) is 0 Å². The number of rotatable bonds is 4. The van der Waals surface area contributed by atoms with Crippen molar-refractivity contribution in [2.45, 2.75) is 37.8 Å². The number of hydrogen-bond donors (Lipinski definition) is 3. The van der Waals surface area contributed by atoms with Crippen molar-refractivity contribution in [2.24, 2.45) is 4.99 Å². The Hall–Kier alpha value is 0.310. The molecule has 2 rings (SSSR count). The Kier molecular flexibility index (Phi) is 6.36. The summed E-state index contributed by atoms with van der Waals surface area (Å²) in [6.07, 6.45) is 3.35. The molecule has 0 aromatic heterocycles. The third-order valence-corrected chi connectivity index (χ3v) is 4.11. The van der Waals surface area contributed by atoms with Crippen molar-refractivity contribution < 1.29 is 5.11 Å². The quantitative estimate of drug-likeness (QED) is 0.395. The lowest BCUT2D eigenvalue weighted by Crippen LogP contribution is -2.41. The van der Waals surface area contributed by atoms with Crippen LogP contribution in [0.5, 0.6) is 0 Å². The maximum atomic E-state index is 10.2. The zero-order valence-corrected chi connectivity index (χ0v) is 13.4. The molecular weight excluding hydrogens is 349 g/mol. The maximum Gasteiger partial charge on any atom is 0.191 e. The number of thioether (sulfide) groups is 1. The summed E-state index contributed by atoms with van der Waals surface area (Å²) in [4.78, 5) is 4.48. The minimum atomic E-state index is -0.573. The molecule has 0 bridgehead atoms. The molecule has 0 aromatic carbocycles. The van der Waals surface area contributed by atoms with Crippen molar-refractivity contribution in [2.75, 3.05) is 24.6 Å². The molecule has 1 aliphatic heterocycles. The fourth-order valence-electron chi connectivity index (χ4n) is 1.69. The summed E-state index contributed by atoms with van der Waals surface area (Å²) >= 11 is 1.81. The number of hydrogen-bond acceptors (Lipinski definition) is 3. The molecule has 3 N–H and O–H groups in total. The van der Waals surface area contributed by atoms with Gasteiger partial charge in [-0.05, 0) is 31.9 Å². The summed E-state index contributed by atoms with van der Waals surface area (Å²) in [6, 6.07) is 0.602. The molecule has 0 aromatic rings. The van der Waals surface area contributed by atoms with E-state index in [1.807, 2.05) is 11.8 Å². The van der Waals surface area contributed by atoms with Crippen LogP contribution in [0.1, 0.15) is 26.2 Å². The van der Waals surface area contributed by atoms with Crippen molar-refractivity contribution in [1.29, 1.82) is 0 Å². The van der Waals surface area contributed by atoms with Gasteiger partial charge >= 0.3 is 0 Å². The van der Waals surface area contributed by atoms with Crippen LogP contribution in [0.15, 0.2) is 4.99 Å². The van der Waals surface area contributed by atoms with E-state index in [0.29, 0.717) is 12.6 Å². The first-order chi connectivity index (χ1) is 7.72. The lowest BCUT2D eigenvalue weighted by Gasteiger charge is -2.19. The van der Waals surface area contributed by atoms with Gasteiger partial charge in [-0.2, -0.15) is 11.8 Å². The number of aliphatic hydroxyl groups is 1. The molecule has 1 saturated carbocycles. The summed E-state index contributed by atoms with van der Waals surface area (Å²) in [5, 5.41) is 16.7. The normalized spacial score (nSPS) is 28.7. The van der Waals surface area contributed by atoms with Crippen molar-refractivity contribution in [1.82, 2.24) is 10.6 Å². The van der Waals surface area contributed by atoms with E-state index in [2.05, 4.69) is 22.5 Å². The van der Waals surface area contributed by atoms with Crippen molar-refractivity contribution in [3.63, 3.8) is 0 Å². The Labute approximate surface area is 124 Å². The maximum absolute atomic E-state index is 10.2. The second-order valence-corrected chi connectivity index (χ2v) is 5.75. The number of halogens is 1. The molecule has 17 heavy (non-hydrogen) atoms.